The van der Waals surface area contributed by atoms with Crippen LogP contribution in [0.3, 0.4) is 0 Å². The highest BCUT2D eigenvalue weighted by atomic mass is 14.6. The molecule has 2 rings (SSSR count). The standard InChI is InChI=1S/C15H17N/c1-3-5-7-13-10-9-12(4-2)14-8-6-11-16-15(13)14/h4,6,8-11H,2-3,5,7H2,1H3. The highest BCUT2D eigenvalue weighted by Gasteiger charge is 2.04. The summed E-state index contributed by atoms with van der Waals surface area (Å²) in [6.07, 6.45) is 7.32. The Morgan fingerprint density at radius 3 is 2.94 bits per heavy atom. The first-order chi connectivity index (χ1) is 7.86. The average molecular weight is 211 g/mol. The molecular weight excluding hydrogens is 194 g/mol. The summed E-state index contributed by atoms with van der Waals surface area (Å²) in [6, 6.07) is 8.43. The topological polar surface area (TPSA) is 12.9 Å². The van der Waals surface area contributed by atoms with Crippen molar-refractivity contribution in [1.82, 2.24) is 4.98 Å². The van der Waals surface area contributed by atoms with Gasteiger partial charge in [0, 0.05) is 11.6 Å². The summed E-state index contributed by atoms with van der Waals surface area (Å²) in [5.74, 6) is 0. The molecule has 0 aliphatic carbocycles. The average Bonchev–Trinajstić information content (AvgIpc) is 2.36. The van der Waals surface area contributed by atoms with E-state index in [0.717, 1.165) is 11.9 Å². The van der Waals surface area contributed by atoms with Crippen LogP contribution in [0.5, 0.6) is 0 Å². The molecule has 0 bridgehead atoms. The lowest BCUT2D eigenvalue weighted by Gasteiger charge is -2.07. The van der Waals surface area contributed by atoms with Crippen LogP contribution in [0.2, 0.25) is 0 Å². The van der Waals surface area contributed by atoms with Gasteiger partial charge in [-0.05, 0) is 30.0 Å². The molecule has 0 atom stereocenters. The van der Waals surface area contributed by atoms with Crippen molar-refractivity contribution in [2.75, 3.05) is 0 Å². The van der Waals surface area contributed by atoms with Crippen LogP contribution < -0.4 is 0 Å². The van der Waals surface area contributed by atoms with E-state index in [9.17, 15) is 0 Å². The van der Waals surface area contributed by atoms with Crippen LogP contribution >= 0.6 is 0 Å². The monoisotopic (exact) mass is 211 g/mol. The Labute approximate surface area is 96.8 Å². The van der Waals surface area contributed by atoms with Gasteiger partial charge in [-0.1, -0.05) is 44.2 Å². The summed E-state index contributed by atoms with van der Waals surface area (Å²) in [6.45, 7) is 6.06. The fourth-order valence-corrected chi connectivity index (χ4v) is 2.00. The Morgan fingerprint density at radius 2 is 2.19 bits per heavy atom. The van der Waals surface area contributed by atoms with Crippen LogP contribution in [0.25, 0.3) is 17.0 Å². The number of nitrogens with zero attached hydrogens (tertiary/aromatic N) is 1. The summed E-state index contributed by atoms with van der Waals surface area (Å²) < 4.78 is 0. The quantitative estimate of drug-likeness (QED) is 0.737. The fourth-order valence-electron chi connectivity index (χ4n) is 2.00. The minimum absolute atomic E-state index is 1.11. The number of fused-ring (bicyclic) bond motifs is 1. The van der Waals surface area contributed by atoms with E-state index in [1.807, 2.05) is 18.3 Å². The molecule has 0 amide bonds. The fraction of sp³-hybridized carbons (Fsp3) is 0.267. The van der Waals surface area contributed by atoms with Crippen molar-refractivity contribution in [3.05, 3.63) is 48.2 Å². The molecule has 0 unspecified atom stereocenters. The highest BCUT2D eigenvalue weighted by Crippen LogP contribution is 2.22. The predicted molar refractivity (Wildman–Crippen MR) is 70.4 cm³/mol. The molecule has 0 saturated carbocycles. The maximum Gasteiger partial charge on any atom is 0.0739 e. The summed E-state index contributed by atoms with van der Waals surface area (Å²) >= 11 is 0. The molecule has 82 valence electrons. The lowest BCUT2D eigenvalue weighted by Crippen LogP contribution is -1.91. The summed E-state index contributed by atoms with van der Waals surface area (Å²) in [7, 11) is 0. The van der Waals surface area contributed by atoms with Crippen molar-refractivity contribution in [3.8, 4) is 0 Å². The molecule has 1 aromatic heterocycles. The second-order valence-corrected chi connectivity index (χ2v) is 4.02. The third-order valence-electron chi connectivity index (χ3n) is 2.91. The number of aryl methyl sites for hydroxylation is 1. The number of pyridine rings is 1. The van der Waals surface area contributed by atoms with Gasteiger partial charge in [0.15, 0.2) is 0 Å². The molecule has 0 spiro atoms. The van der Waals surface area contributed by atoms with Gasteiger partial charge in [-0.3, -0.25) is 4.98 Å². The van der Waals surface area contributed by atoms with Gasteiger partial charge in [0.1, 0.15) is 0 Å². The van der Waals surface area contributed by atoms with Gasteiger partial charge in [0.05, 0.1) is 5.52 Å². The van der Waals surface area contributed by atoms with E-state index in [2.05, 4.69) is 36.7 Å². The molecule has 0 saturated heterocycles. The third kappa shape index (κ3) is 1.99. The van der Waals surface area contributed by atoms with Gasteiger partial charge >= 0.3 is 0 Å². The van der Waals surface area contributed by atoms with Crippen LogP contribution in [-0.4, -0.2) is 4.98 Å². The SMILES string of the molecule is C=Cc1ccc(CCCC)c2ncccc12. The van der Waals surface area contributed by atoms with E-state index < -0.39 is 0 Å². The second kappa shape index (κ2) is 4.93. The summed E-state index contributed by atoms with van der Waals surface area (Å²) in [5, 5.41) is 1.21. The zero-order valence-corrected chi connectivity index (χ0v) is 9.74. The molecule has 0 fully saturated rings. The zero-order chi connectivity index (χ0) is 11.4. The first-order valence-corrected chi connectivity index (χ1v) is 5.86. The van der Waals surface area contributed by atoms with Crippen LogP contribution in [0.1, 0.15) is 30.9 Å². The number of hydrogen-bond acceptors (Lipinski definition) is 1. The first kappa shape index (κ1) is 10.9. The Bertz CT molecular complexity index is 500. The number of rotatable bonds is 4. The smallest absolute Gasteiger partial charge is 0.0739 e. The summed E-state index contributed by atoms with van der Waals surface area (Å²) in [5.41, 5.74) is 3.65. The molecule has 2 aromatic rings. The molecule has 1 aromatic carbocycles. The van der Waals surface area contributed by atoms with Crippen molar-refractivity contribution >= 4 is 17.0 Å². The van der Waals surface area contributed by atoms with Crippen molar-refractivity contribution < 1.29 is 0 Å². The Hall–Kier alpha value is -1.63. The third-order valence-corrected chi connectivity index (χ3v) is 2.91. The molecule has 1 heterocycles. The normalized spacial score (nSPS) is 10.6. The van der Waals surface area contributed by atoms with Crippen molar-refractivity contribution in [2.45, 2.75) is 26.2 Å². The molecule has 0 radical (unpaired) electrons. The van der Waals surface area contributed by atoms with E-state index in [1.54, 1.807) is 0 Å². The number of hydrogen-bond donors (Lipinski definition) is 0. The molecule has 1 nitrogen and oxygen atoms in total. The lowest BCUT2D eigenvalue weighted by atomic mass is 10.0. The maximum absolute atomic E-state index is 4.49. The van der Waals surface area contributed by atoms with Crippen molar-refractivity contribution in [2.24, 2.45) is 0 Å². The van der Waals surface area contributed by atoms with Gasteiger partial charge < -0.3 is 0 Å². The van der Waals surface area contributed by atoms with E-state index in [4.69, 9.17) is 0 Å². The predicted octanol–water partition coefficient (Wildman–Crippen LogP) is 4.22. The van der Waals surface area contributed by atoms with E-state index >= 15 is 0 Å². The zero-order valence-electron chi connectivity index (χ0n) is 9.74. The minimum atomic E-state index is 1.11. The molecule has 1 heteroatoms. The molecular formula is C15H17N. The number of unbranched alkanes of at least 4 members (excludes halogenated alkanes) is 1. The van der Waals surface area contributed by atoms with Crippen molar-refractivity contribution in [3.63, 3.8) is 0 Å². The Balaban J connectivity index is 2.55. The van der Waals surface area contributed by atoms with Crippen LogP contribution in [0.15, 0.2) is 37.0 Å². The molecule has 0 aliphatic heterocycles. The molecule has 0 aliphatic rings. The number of benzene rings is 1. The van der Waals surface area contributed by atoms with Gasteiger partial charge in [0.2, 0.25) is 0 Å². The number of aromatic nitrogens is 1. The van der Waals surface area contributed by atoms with E-state index in [0.29, 0.717) is 0 Å². The van der Waals surface area contributed by atoms with Crippen LogP contribution in [0, 0.1) is 0 Å². The summed E-state index contributed by atoms with van der Waals surface area (Å²) in [4.78, 5) is 4.49. The van der Waals surface area contributed by atoms with E-state index in [1.165, 1.54) is 29.4 Å². The lowest BCUT2D eigenvalue weighted by molar-refractivity contribution is 0.798. The second-order valence-electron chi connectivity index (χ2n) is 4.02. The van der Waals surface area contributed by atoms with Gasteiger partial charge in [-0.25, -0.2) is 0 Å². The van der Waals surface area contributed by atoms with E-state index in [-0.39, 0.29) is 0 Å². The highest BCUT2D eigenvalue weighted by molar-refractivity contribution is 5.89. The Morgan fingerprint density at radius 1 is 1.31 bits per heavy atom. The minimum Gasteiger partial charge on any atom is -0.256 e. The van der Waals surface area contributed by atoms with Crippen molar-refractivity contribution in [1.29, 1.82) is 0 Å². The van der Waals surface area contributed by atoms with Gasteiger partial charge in [0.25, 0.3) is 0 Å². The maximum atomic E-state index is 4.49. The van der Waals surface area contributed by atoms with Gasteiger partial charge in [-0.2, -0.15) is 0 Å². The van der Waals surface area contributed by atoms with Crippen LogP contribution in [-0.2, 0) is 6.42 Å². The van der Waals surface area contributed by atoms with Crippen LogP contribution in [0.4, 0.5) is 0 Å². The molecule has 16 heavy (non-hydrogen) atoms. The first-order valence-electron chi connectivity index (χ1n) is 5.86. The largest absolute Gasteiger partial charge is 0.256 e. The molecule has 0 N–H and O–H groups in total. The Kier molecular flexibility index (Phi) is 3.35. The van der Waals surface area contributed by atoms with Gasteiger partial charge in [-0.15, -0.1) is 0 Å².